The zero-order chi connectivity index (χ0) is 8.32. The molecule has 11 heavy (non-hydrogen) atoms. The summed E-state index contributed by atoms with van der Waals surface area (Å²) in [5, 5.41) is 2.91. The van der Waals surface area contributed by atoms with Gasteiger partial charge in [-0.2, -0.15) is 0 Å². The first kappa shape index (κ1) is 8.33. The average Bonchev–Trinajstić information content (AvgIpc) is 2.07. The Morgan fingerprint density at radius 2 is 2.00 bits per heavy atom. The molecular weight excluding hydrogens is 146 g/mol. The van der Waals surface area contributed by atoms with Crippen molar-refractivity contribution in [1.29, 1.82) is 0 Å². The maximum atomic E-state index is 10.8. The Hall–Kier alpha value is -0.770. The van der Waals surface area contributed by atoms with Crippen molar-refractivity contribution in [2.45, 2.75) is 31.4 Å². The minimum absolute atomic E-state index is 0.196. The van der Waals surface area contributed by atoms with Crippen LogP contribution in [-0.2, 0) is 9.53 Å². The van der Waals surface area contributed by atoms with Crippen molar-refractivity contribution in [2.24, 2.45) is 5.18 Å². The van der Waals surface area contributed by atoms with E-state index in [4.69, 9.17) is 4.74 Å². The van der Waals surface area contributed by atoms with Crippen LogP contribution >= 0.6 is 0 Å². The minimum atomic E-state index is -0.909. The second-order valence-corrected chi connectivity index (χ2v) is 2.78. The number of nitrogens with zero attached hydrogens (tertiary/aromatic N) is 1. The molecule has 0 radical (unpaired) electrons. The number of Topliss-reactive ketones (excluding diaryl/α,β-unsaturated/α-hetero) is 1. The van der Waals surface area contributed by atoms with E-state index in [2.05, 4.69) is 5.18 Å². The first-order chi connectivity index (χ1) is 5.22. The highest BCUT2D eigenvalue weighted by Crippen LogP contribution is 2.30. The number of rotatable bonds is 2. The van der Waals surface area contributed by atoms with Gasteiger partial charge in [-0.3, -0.25) is 4.79 Å². The van der Waals surface area contributed by atoms with Crippen molar-refractivity contribution in [2.75, 3.05) is 7.11 Å². The van der Waals surface area contributed by atoms with Gasteiger partial charge < -0.3 is 4.74 Å². The fourth-order valence-electron chi connectivity index (χ4n) is 1.25. The lowest BCUT2D eigenvalue weighted by Crippen LogP contribution is -2.33. The van der Waals surface area contributed by atoms with E-state index in [1.54, 1.807) is 0 Å². The average molecular weight is 157 g/mol. The number of ether oxygens (including phenoxy) is 1. The number of ketones is 1. The zero-order valence-electron chi connectivity index (χ0n) is 6.50. The van der Waals surface area contributed by atoms with E-state index in [1.807, 2.05) is 0 Å². The van der Waals surface area contributed by atoms with Crippen molar-refractivity contribution < 1.29 is 9.53 Å². The van der Waals surface area contributed by atoms with Crippen LogP contribution in [0.5, 0.6) is 0 Å². The van der Waals surface area contributed by atoms with Gasteiger partial charge in [-0.1, -0.05) is 0 Å². The van der Waals surface area contributed by atoms with E-state index in [1.165, 1.54) is 7.11 Å². The smallest absolute Gasteiger partial charge is 0.200 e. The molecule has 0 aromatic carbocycles. The van der Waals surface area contributed by atoms with Crippen LogP contribution in [0.4, 0.5) is 0 Å². The van der Waals surface area contributed by atoms with Crippen molar-refractivity contribution in [3.05, 3.63) is 4.91 Å². The number of methoxy groups -OCH3 is 1. The number of hydrogen-bond acceptors (Lipinski definition) is 4. The molecule has 1 rings (SSSR count). The molecular formula is C7H11NO3. The molecule has 4 nitrogen and oxygen atoms in total. The predicted octanol–water partition coefficient (Wildman–Crippen LogP) is 1.24. The summed E-state index contributed by atoms with van der Waals surface area (Å²) in [6.07, 6.45) is 1.71. The normalized spacial score (nSPS) is 23.2. The first-order valence-electron chi connectivity index (χ1n) is 3.64. The van der Waals surface area contributed by atoms with Gasteiger partial charge in [0, 0.05) is 32.8 Å². The Kier molecular flexibility index (Phi) is 2.34. The van der Waals surface area contributed by atoms with E-state index in [-0.39, 0.29) is 5.78 Å². The fourth-order valence-corrected chi connectivity index (χ4v) is 1.25. The van der Waals surface area contributed by atoms with Crippen LogP contribution in [-0.4, -0.2) is 18.6 Å². The topological polar surface area (TPSA) is 55.7 Å². The lowest BCUT2D eigenvalue weighted by molar-refractivity contribution is -0.126. The van der Waals surface area contributed by atoms with Crippen molar-refractivity contribution in [1.82, 2.24) is 0 Å². The molecule has 1 fully saturated rings. The molecule has 0 heterocycles. The van der Waals surface area contributed by atoms with Crippen molar-refractivity contribution in [3.63, 3.8) is 0 Å². The minimum Gasteiger partial charge on any atom is -0.354 e. The van der Waals surface area contributed by atoms with Crippen LogP contribution in [0.3, 0.4) is 0 Å². The Balaban J connectivity index is 2.59. The van der Waals surface area contributed by atoms with Crippen molar-refractivity contribution >= 4 is 5.78 Å². The molecule has 0 bridgehead atoms. The molecule has 0 aromatic rings. The maximum absolute atomic E-state index is 10.8. The van der Waals surface area contributed by atoms with Gasteiger partial charge in [0.05, 0.1) is 0 Å². The van der Waals surface area contributed by atoms with E-state index in [9.17, 15) is 9.70 Å². The summed E-state index contributed by atoms with van der Waals surface area (Å²) in [7, 11) is 1.46. The molecule has 0 unspecified atom stereocenters. The Morgan fingerprint density at radius 3 is 2.36 bits per heavy atom. The van der Waals surface area contributed by atoms with E-state index in [0.717, 1.165) is 0 Å². The van der Waals surface area contributed by atoms with Gasteiger partial charge in [-0.15, -0.1) is 4.91 Å². The molecule has 0 atom stereocenters. The molecule has 0 amide bonds. The second kappa shape index (κ2) is 3.09. The number of carbonyl (C=O) groups excluding carboxylic acids is 1. The summed E-state index contributed by atoms with van der Waals surface area (Å²) >= 11 is 0. The molecule has 0 aromatic heterocycles. The van der Waals surface area contributed by atoms with Gasteiger partial charge in [0.15, 0.2) is 0 Å². The monoisotopic (exact) mass is 157 g/mol. The summed E-state index contributed by atoms with van der Waals surface area (Å²) in [5.41, 5.74) is -0.909. The third-order valence-electron chi connectivity index (χ3n) is 2.14. The number of nitroso groups, excluding NO2 is 1. The lowest BCUT2D eigenvalue weighted by atomic mass is 9.91. The largest absolute Gasteiger partial charge is 0.354 e. The number of hydrogen-bond donors (Lipinski definition) is 0. The Bertz CT molecular complexity index is 169. The van der Waals surface area contributed by atoms with Gasteiger partial charge in [-0.25, -0.2) is 0 Å². The molecule has 1 saturated carbocycles. The molecule has 4 heteroatoms. The zero-order valence-corrected chi connectivity index (χ0v) is 6.50. The molecule has 1 aliphatic carbocycles. The van der Waals surface area contributed by atoms with Gasteiger partial charge in [-0.05, 0) is 5.18 Å². The van der Waals surface area contributed by atoms with Crippen LogP contribution in [0.25, 0.3) is 0 Å². The van der Waals surface area contributed by atoms with Gasteiger partial charge in [0.1, 0.15) is 5.78 Å². The molecule has 0 spiro atoms. The van der Waals surface area contributed by atoms with Crippen LogP contribution in [0.15, 0.2) is 5.18 Å². The van der Waals surface area contributed by atoms with Crippen LogP contribution in [0, 0.1) is 4.91 Å². The molecule has 1 aliphatic rings. The summed E-state index contributed by atoms with van der Waals surface area (Å²) in [6, 6.07) is 0. The van der Waals surface area contributed by atoms with E-state index >= 15 is 0 Å². The Labute approximate surface area is 64.9 Å². The third kappa shape index (κ3) is 1.63. The summed E-state index contributed by atoms with van der Waals surface area (Å²) < 4.78 is 4.94. The lowest BCUT2D eigenvalue weighted by Gasteiger charge is -2.27. The standard InChI is InChI=1S/C7H11NO3/c1-11-7(8-10)4-2-6(9)3-5-7/h2-5H2,1H3. The van der Waals surface area contributed by atoms with Gasteiger partial charge in [0.2, 0.25) is 5.72 Å². The van der Waals surface area contributed by atoms with Crippen LogP contribution in [0.1, 0.15) is 25.7 Å². The van der Waals surface area contributed by atoms with Crippen molar-refractivity contribution in [3.8, 4) is 0 Å². The predicted molar refractivity (Wildman–Crippen MR) is 39.0 cm³/mol. The van der Waals surface area contributed by atoms with E-state index < -0.39 is 5.72 Å². The Morgan fingerprint density at radius 1 is 1.45 bits per heavy atom. The van der Waals surface area contributed by atoms with Gasteiger partial charge >= 0.3 is 0 Å². The molecule has 0 saturated heterocycles. The molecule has 0 N–H and O–H groups in total. The quantitative estimate of drug-likeness (QED) is 0.566. The summed E-state index contributed by atoms with van der Waals surface area (Å²) in [6.45, 7) is 0. The number of carbonyl (C=O) groups is 1. The highest BCUT2D eigenvalue weighted by Gasteiger charge is 2.35. The first-order valence-corrected chi connectivity index (χ1v) is 3.64. The highest BCUT2D eigenvalue weighted by molar-refractivity contribution is 5.79. The fraction of sp³-hybridized carbons (Fsp3) is 0.857. The second-order valence-electron chi connectivity index (χ2n) is 2.78. The van der Waals surface area contributed by atoms with Crippen LogP contribution in [0.2, 0.25) is 0 Å². The molecule has 62 valence electrons. The van der Waals surface area contributed by atoms with E-state index in [0.29, 0.717) is 25.7 Å². The summed E-state index contributed by atoms with van der Waals surface area (Å²) in [4.78, 5) is 21.1. The highest BCUT2D eigenvalue weighted by atomic mass is 16.5. The SMILES string of the molecule is COC1(N=O)CCC(=O)CC1. The third-order valence-corrected chi connectivity index (χ3v) is 2.14. The molecule has 0 aliphatic heterocycles. The van der Waals surface area contributed by atoms with Crippen LogP contribution < -0.4 is 0 Å². The van der Waals surface area contributed by atoms with Gasteiger partial charge in [0.25, 0.3) is 0 Å². The maximum Gasteiger partial charge on any atom is 0.200 e. The summed E-state index contributed by atoms with van der Waals surface area (Å²) in [5.74, 6) is 0.196.